The molecule has 19 heavy (non-hydrogen) atoms. The van der Waals surface area contributed by atoms with Crippen molar-refractivity contribution in [3.63, 3.8) is 0 Å². The summed E-state index contributed by atoms with van der Waals surface area (Å²) in [6.07, 6.45) is 1.14. The number of aliphatic hydroxyl groups excluding tert-OH is 1. The maximum atomic E-state index is 11.9. The number of hydrogen-bond acceptors (Lipinski definition) is 3. The summed E-state index contributed by atoms with van der Waals surface area (Å²) in [5.74, 6) is 0.686. The molecule has 4 heteroatoms. The number of likely N-dealkylation sites (N-methyl/N-ethyl adjacent to an activating group) is 1. The number of benzene rings is 1. The summed E-state index contributed by atoms with van der Waals surface area (Å²) >= 11 is 0. The second kappa shape index (κ2) is 5.61. The molecule has 0 bridgehead atoms. The molecule has 1 N–H and O–H groups in total. The van der Waals surface area contributed by atoms with Crippen LogP contribution in [0.5, 0.6) is 5.75 Å². The van der Waals surface area contributed by atoms with Gasteiger partial charge in [0.05, 0.1) is 6.10 Å². The largest absolute Gasteiger partial charge is 0.483 e. The highest BCUT2D eigenvalue weighted by atomic mass is 16.5. The molecule has 0 saturated carbocycles. The molecule has 0 spiro atoms. The second-order valence-electron chi connectivity index (χ2n) is 5.27. The molecule has 1 unspecified atom stereocenters. The third-order valence-electron chi connectivity index (χ3n) is 3.72. The molecule has 104 valence electrons. The Hall–Kier alpha value is -1.55. The van der Waals surface area contributed by atoms with E-state index in [4.69, 9.17) is 4.74 Å². The van der Waals surface area contributed by atoms with Crippen LogP contribution < -0.4 is 4.74 Å². The first-order chi connectivity index (χ1) is 9.00. The molecule has 1 amide bonds. The van der Waals surface area contributed by atoms with Crippen LogP contribution in [0.25, 0.3) is 0 Å². The highest BCUT2D eigenvalue weighted by Gasteiger charge is 2.23. The molecule has 0 saturated heterocycles. The fourth-order valence-corrected chi connectivity index (χ4v) is 2.26. The predicted octanol–water partition coefficient (Wildman–Crippen LogP) is 1.91. The summed E-state index contributed by atoms with van der Waals surface area (Å²) in [7, 11) is 1.77. The van der Waals surface area contributed by atoms with E-state index in [0.29, 0.717) is 0 Å². The Kier molecular flexibility index (Phi) is 4.10. The average molecular weight is 263 g/mol. The fourth-order valence-electron chi connectivity index (χ4n) is 2.26. The summed E-state index contributed by atoms with van der Waals surface area (Å²) in [5.41, 5.74) is 1.97. The van der Waals surface area contributed by atoms with Crippen molar-refractivity contribution in [2.24, 2.45) is 0 Å². The lowest BCUT2D eigenvalue weighted by Crippen LogP contribution is -2.36. The summed E-state index contributed by atoms with van der Waals surface area (Å²) in [6, 6.07) is 5.81. The summed E-state index contributed by atoms with van der Waals surface area (Å²) < 4.78 is 5.63. The number of amides is 1. The van der Waals surface area contributed by atoms with Crippen LogP contribution >= 0.6 is 0 Å². The minimum Gasteiger partial charge on any atom is -0.483 e. The van der Waals surface area contributed by atoms with Gasteiger partial charge in [-0.2, -0.15) is 0 Å². The third-order valence-corrected chi connectivity index (χ3v) is 3.72. The van der Waals surface area contributed by atoms with Crippen molar-refractivity contribution in [3.8, 4) is 5.75 Å². The van der Waals surface area contributed by atoms with E-state index in [2.05, 4.69) is 0 Å². The van der Waals surface area contributed by atoms with E-state index in [1.165, 1.54) is 0 Å². The molecule has 1 aliphatic rings. The van der Waals surface area contributed by atoms with Gasteiger partial charge in [-0.25, -0.2) is 0 Å². The minimum absolute atomic E-state index is 0.0360. The van der Waals surface area contributed by atoms with E-state index >= 15 is 0 Å². The van der Waals surface area contributed by atoms with Crippen molar-refractivity contribution < 1.29 is 14.6 Å². The molecule has 2 rings (SSSR count). The van der Waals surface area contributed by atoms with E-state index in [0.717, 1.165) is 29.7 Å². The molecule has 4 nitrogen and oxygen atoms in total. The highest BCUT2D eigenvalue weighted by molar-refractivity contribution is 5.77. The molecule has 1 aromatic rings. The zero-order valence-corrected chi connectivity index (χ0v) is 11.7. The quantitative estimate of drug-likeness (QED) is 0.902. The van der Waals surface area contributed by atoms with Crippen LogP contribution in [0.2, 0.25) is 0 Å². The van der Waals surface area contributed by atoms with Gasteiger partial charge in [0.1, 0.15) is 5.75 Å². The van der Waals surface area contributed by atoms with Gasteiger partial charge >= 0.3 is 0 Å². The van der Waals surface area contributed by atoms with Gasteiger partial charge in [-0.3, -0.25) is 4.79 Å². The van der Waals surface area contributed by atoms with Crippen molar-refractivity contribution in [2.75, 3.05) is 13.7 Å². The standard InChI is InChI=1S/C15H21NO3/c1-10(2)16(3)15(18)9-19-14-6-4-5-11-12(14)7-8-13(11)17/h4-6,10,13,17H,7-9H2,1-3H3. The van der Waals surface area contributed by atoms with Gasteiger partial charge in [0, 0.05) is 18.7 Å². The van der Waals surface area contributed by atoms with E-state index in [9.17, 15) is 9.90 Å². The van der Waals surface area contributed by atoms with E-state index in [1.807, 2.05) is 32.0 Å². The van der Waals surface area contributed by atoms with Gasteiger partial charge in [0.25, 0.3) is 5.91 Å². The molecule has 0 fully saturated rings. The monoisotopic (exact) mass is 263 g/mol. The summed E-state index contributed by atoms with van der Waals surface area (Å²) in [4.78, 5) is 13.5. The Labute approximate surface area is 114 Å². The lowest BCUT2D eigenvalue weighted by atomic mass is 10.1. The Morgan fingerprint density at radius 1 is 1.53 bits per heavy atom. The minimum atomic E-state index is -0.396. The van der Waals surface area contributed by atoms with Gasteiger partial charge in [-0.15, -0.1) is 0 Å². The van der Waals surface area contributed by atoms with Crippen LogP contribution in [0.4, 0.5) is 0 Å². The molecule has 0 heterocycles. The average Bonchev–Trinajstić information content (AvgIpc) is 2.77. The normalized spacial score (nSPS) is 17.4. The second-order valence-corrected chi connectivity index (χ2v) is 5.27. The number of rotatable bonds is 4. The fraction of sp³-hybridized carbons (Fsp3) is 0.533. The Balaban J connectivity index is 2.03. The van der Waals surface area contributed by atoms with Crippen LogP contribution in [0.3, 0.4) is 0 Å². The summed E-state index contributed by atoms with van der Waals surface area (Å²) in [6.45, 7) is 3.98. The van der Waals surface area contributed by atoms with Crippen LogP contribution in [-0.4, -0.2) is 35.6 Å². The van der Waals surface area contributed by atoms with Crippen molar-refractivity contribution >= 4 is 5.91 Å². The number of carbonyl (C=O) groups excluding carboxylic acids is 1. The molecule has 1 aliphatic carbocycles. The first-order valence-corrected chi connectivity index (χ1v) is 6.69. The third kappa shape index (κ3) is 2.89. The number of fused-ring (bicyclic) bond motifs is 1. The Bertz CT molecular complexity index is 470. The number of ether oxygens (including phenoxy) is 1. The first-order valence-electron chi connectivity index (χ1n) is 6.69. The topological polar surface area (TPSA) is 49.8 Å². The highest BCUT2D eigenvalue weighted by Crippen LogP contribution is 2.36. The first kappa shape index (κ1) is 13.9. The van der Waals surface area contributed by atoms with Crippen molar-refractivity contribution in [2.45, 2.75) is 38.8 Å². The predicted molar refractivity (Wildman–Crippen MR) is 73.1 cm³/mol. The van der Waals surface area contributed by atoms with Crippen molar-refractivity contribution in [1.29, 1.82) is 0 Å². The molecular formula is C15H21NO3. The molecule has 0 aliphatic heterocycles. The number of nitrogens with zero attached hydrogens (tertiary/aromatic N) is 1. The summed E-state index contributed by atoms with van der Waals surface area (Å²) in [5, 5.41) is 9.81. The Morgan fingerprint density at radius 2 is 2.26 bits per heavy atom. The molecule has 1 atom stereocenters. The lowest BCUT2D eigenvalue weighted by Gasteiger charge is -2.21. The number of aliphatic hydroxyl groups is 1. The van der Waals surface area contributed by atoms with E-state index in [1.54, 1.807) is 11.9 Å². The molecule has 0 radical (unpaired) electrons. The van der Waals surface area contributed by atoms with Gasteiger partial charge in [0.2, 0.25) is 0 Å². The molecule has 0 aromatic heterocycles. The van der Waals surface area contributed by atoms with Gasteiger partial charge < -0.3 is 14.7 Å². The van der Waals surface area contributed by atoms with Crippen molar-refractivity contribution in [1.82, 2.24) is 4.90 Å². The zero-order chi connectivity index (χ0) is 14.0. The van der Waals surface area contributed by atoms with Gasteiger partial charge in [-0.1, -0.05) is 12.1 Å². The maximum Gasteiger partial charge on any atom is 0.260 e. The van der Waals surface area contributed by atoms with Gasteiger partial charge in [-0.05, 0) is 38.3 Å². The Morgan fingerprint density at radius 3 is 2.95 bits per heavy atom. The van der Waals surface area contributed by atoms with Crippen LogP contribution in [0, 0.1) is 0 Å². The zero-order valence-electron chi connectivity index (χ0n) is 11.7. The SMILES string of the molecule is CC(C)N(C)C(=O)COc1cccc2c1CCC2O. The van der Waals surface area contributed by atoms with Crippen LogP contribution in [0.1, 0.15) is 37.5 Å². The molecular weight excluding hydrogens is 242 g/mol. The van der Waals surface area contributed by atoms with E-state index in [-0.39, 0.29) is 18.6 Å². The maximum absolute atomic E-state index is 11.9. The number of hydrogen-bond donors (Lipinski definition) is 1. The molecule has 1 aromatic carbocycles. The van der Waals surface area contributed by atoms with Crippen LogP contribution in [0.15, 0.2) is 18.2 Å². The smallest absolute Gasteiger partial charge is 0.260 e. The number of carbonyl (C=O) groups is 1. The van der Waals surface area contributed by atoms with Crippen molar-refractivity contribution in [3.05, 3.63) is 29.3 Å². The van der Waals surface area contributed by atoms with Gasteiger partial charge in [0.15, 0.2) is 6.61 Å². The van der Waals surface area contributed by atoms with E-state index < -0.39 is 6.10 Å². The van der Waals surface area contributed by atoms with Crippen LogP contribution in [-0.2, 0) is 11.2 Å². The lowest BCUT2D eigenvalue weighted by molar-refractivity contribution is -0.133.